The highest BCUT2D eigenvalue weighted by Crippen LogP contribution is 2.39. The lowest BCUT2D eigenvalue weighted by atomic mass is 10.0. The van der Waals surface area contributed by atoms with Crippen molar-refractivity contribution < 1.29 is 19.5 Å². The van der Waals surface area contributed by atoms with Crippen LogP contribution in [0, 0.1) is 5.92 Å². The topological polar surface area (TPSA) is 83.5 Å². The molecule has 0 fully saturated rings. The second-order valence-electron chi connectivity index (χ2n) is 4.72. The van der Waals surface area contributed by atoms with Gasteiger partial charge in [-0.3, -0.25) is 9.59 Å². The summed E-state index contributed by atoms with van der Waals surface area (Å²) < 4.78 is -0.785. The fourth-order valence-electron chi connectivity index (χ4n) is 1.03. The molecule has 104 valence electrons. The molecule has 0 heterocycles. The van der Waals surface area contributed by atoms with Crippen LogP contribution in [0.3, 0.4) is 0 Å². The number of rotatable bonds is 6. The van der Waals surface area contributed by atoms with Gasteiger partial charge in [0.25, 0.3) is 0 Å². The highest BCUT2D eigenvalue weighted by Gasteiger charge is 2.37. The van der Waals surface area contributed by atoms with Crippen molar-refractivity contribution in [1.82, 2.24) is 5.32 Å². The van der Waals surface area contributed by atoms with Crippen LogP contribution in [-0.2, 0) is 14.4 Å². The Morgan fingerprint density at radius 1 is 1.22 bits per heavy atom. The summed E-state index contributed by atoms with van der Waals surface area (Å²) in [6.07, 6.45) is 0. The van der Waals surface area contributed by atoms with Gasteiger partial charge in [-0.25, -0.2) is 4.79 Å². The van der Waals surface area contributed by atoms with Gasteiger partial charge in [0.05, 0.1) is 4.75 Å². The lowest BCUT2D eigenvalue weighted by molar-refractivity contribution is -0.142. The summed E-state index contributed by atoms with van der Waals surface area (Å²) in [5.41, 5.74) is 0. The van der Waals surface area contributed by atoms with Crippen molar-refractivity contribution in [2.75, 3.05) is 0 Å². The molecule has 0 saturated heterocycles. The number of aliphatic carboxylic acids is 1. The van der Waals surface area contributed by atoms with Crippen molar-refractivity contribution in [3.8, 4) is 0 Å². The van der Waals surface area contributed by atoms with E-state index in [0.717, 1.165) is 10.8 Å². The van der Waals surface area contributed by atoms with Crippen LogP contribution in [0.25, 0.3) is 0 Å². The van der Waals surface area contributed by atoms with Crippen LogP contribution in [0.5, 0.6) is 0 Å². The number of amides is 1. The highest BCUT2D eigenvalue weighted by molar-refractivity contribution is 8.82. The first-order valence-corrected chi connectivity index (χ1v) is 7.62. The average Bonchev–Trinajstić information content (AvgIpc) is 2.21. The smallest absolute Gasteiger partial charge is 0.327 e. The van der Waals surface area contributed by atoms with Gasteiger partial charge in [0, 0.05) is 12.8 Å². The molecule has 7 heteroatoms. The Bertz CT molecular complexity index is 342. The molecule has 0 aliphatic rings. The lowest BCUT2D eigenvalue weighted by Crippen LogP contribution is -2.51. The summed E-state index contributed by atoms with van der Waals surface area (Å²) in [5.74, 6) is -1.63. The van der Waals surface area contributed by atoms with E-state index in [2.05, 4.69) is 5.32 Å². The van der Waals surface area contributed by atoms with Crippen LogP contribution in [0.15, 0.2) is 0 Å². The van der Waals surface area contributed by atoms with Crippen molar-refractivity contribution in [2.45, 2.75) is 45.4 Å². The quantitative estimate of drug-likeness (QED) is 0.728. The lowest BCUT2D eigenvalue weighted by Gasteiger charge is -2.30. The summed E-state index contributed by atoms with van der Waals surface area (Å²) in [7, 11) is 2.19. The number of hydrogen-bond donors (Lipinski definition) is 2. The van der Waals surface area contributed by atoms with E-state index in [1.165, 1.54) is 17.7 Å². The number of carboxylic acid groups (broad SMARTS) is 1. The summed E-state index contributed by atoms with van der Waals surface area (Å²) in [4.78, 5) is 33.6. The number of carboxylic acids is 1. The first-order valence-electron chi connectivity index (χ1n) is 5.47. The molecule has 0 radical (unpaired) electrons. The molecular formula is C11H19NO4S2. The normalized spacial score (nSPS) is 13.2. The van der Waals surface area contributed by atoms with Crippen molar-refractivity contribution in [3.05, 3.63) is 0 Å². The first kappa shape index (κ1) is 17.3. The minimum absolute atomic E-state index is 0.0139. The molecule has 1 unspecified atom stereocenters. The molecule has 0 aromatic carbocycles. The second-order valence-corrected chi connectivity index (χ2v) is 7.50. The maximum atomic E-state index is 11.5. The van der Waals surface area contributed by atoms with Gasteiger partial charge < -0.3 is 10.4 Å². The fraction of sp³-hybridized carbons (Fsp3) is 0.727. The SMILES string of the molecule is CC(=O)NC(C(=O)O)C(C)(C)SSC(=O)C(C)C. The van der Waals surface area contributed by atoms with Crippen LogP contribution < -0.4 is 5.32 Å². The molecular weight excluding hydrogens is 274 g/mol. The summed E-state index contributed by atoms with van der Waals surface area (Å²) in [6.45, 7) is 8.21. The molecule has 0 bridgehead atoms. The summed E-state index contributed by atoms with van der Waals surface area (Å²) >= 11 is 0. The van der Waals surface area contributed by atoms with Gasteiger partial charge in [-0.15, -0.1) is 0 Å². The first-order chi connectivity index (χ1) is 8.08. The van der Waals surface area contributed by atoms with Gasteiger partial charge in [-0.05, 0) is 24.6 Å². The molecule has 0 aromatic heterocycles. The van der Waals surface area contributed by atoms with E-state index in [9.17, 15) is 14.4 Å². The molecule has 2 N–H and O–H groups in total. The van der Waals surface area contributed by atoms with Crippen molar-refractivity contribution >= 4 is 38.6 Å². The van der Waals surface area contributed by atoms with E-state index >= 15 is 0 Å². The molecule has 1 amide bonds. The van der Waals surface area contributed by atoms with Gasteiger partial charge in [-0.1, -0.05) is 24.6 Å². The average molecular weight is 293 g/mol. The number of nitrogens with one attached hydrogen (secondary N) is 1. The van der Waals surface area contributed by atoms with Crippen molar-refractivity contribution in [2.24, 2.45) is 5.92 Å². The molecule has 0 spiro atoms. The van der Waals surface area contributed by atoms with Crippen LogP contribution in [-0.4, -0.2) is 32.9 Å². The molecule has 0 aliphatic carbocycles. The van der Waals surface area contributed by atoms with Crippen LogP contribution >= 0.6 is 21.6 Å². The number of hydrogen-bond acceptors (Lipinski definition) is 5. The van der Waals surface area contributed by atoms with Crippen LogP contribution in [0.4, 0.5) is 0 Å². The maximum absolute atomic E-state index is 11.5. The van der Waals surface area contributed by atoms with E-state index in [1.807, 2.05) is 0 Å². The Balaban J connectivity index is 4.69. The Hall–Kier alpha value is -0.690. The Labute approximate surface area is 115 Å². The van der Waals surface area contributed by atoms with E-state index < -0.39 is 22.7 Å². The predicted octanol–water partition coefficient (Wildman–Crippen LogP) is 1.92. The van der Waals surface area contributed by atoms with Gasteiger partial charge in [0.2, 0.25) is 11.0 Å². The Morgan fingerprint density at radius 2 is 1.72 bits per heavy atom. The molecule has 18 heavy (non-hydrogen) atoms. The standard InChI is InChI=1S/C11H19NO4S2/c1-6(2)10(16)17-18-11(4,5)8(9(14)15)12-7(3)13/h6,8H,1-5H3,(H,12,13)(H,14,15). The predicted molar refractivity (Wildman–Crippen MR) is 74.3 cm³/mol. The molecule has 0 saturated carbocycles. The molecule has 0 aromatic rings. The fourth-order valence-corrected chi connectivity index (χ4v) is 3.53. The zero-order chi connectivity index (χ0) is 14.5. The molecule has 5 nitrogen and oxygen atoms in total. The molecule has 1 atom stereocenters. The summed E-state index contributed by atoms with van der Waals surface area (Å²) in [6, 6.07) is -1.03. The summed E-state index contributed by atoms with van der Waals surface area (Å²) in [5, 5.41) is 11.5. The number of carbonyl (C=O) groups excluding carboxylic acids is 2. The Kier molecular flexibility index (Phi) is 6.77. The maximum Gasteiger partial charge on any atom is 0.327 e. The number of carbonyl (C=O) groups is 3. The van der Waals surface area contributed by atoms with Gasteiger partial charge >= 0.3 is 5.97 Å². The van der Waals surface area contributed by atoms with Crippen molar-refractivity contribution in [1.29, 1.82) is 0 Å². The van der Waals surface area contributed by atoms with E-state index in [1.54, 1.807) is 27.7 Å². The van der Waals surface area contributed by atoms with E-state index in [0.29, 0.717) is 0 Å². The third kappa shape index (κ3) is 5.77. The van der Waals surface area contributed by atoms with Gasteiger partial charge in [-0.2, -0.15) is 0 Å². The van der Waals surface area contributed by atoms with Crippen molar-refractivity contribution in [3.63, 3.8) is 0 Å². The van der Waals surface area contributed by atoms with Crippen LogP contribution in [0.2, 0.25) is 0 Å². The third-order valence-corrected chi connectivity index (χ3v) is 5.52. The van der Waals surface area contributed by atoms with Gasteiger partial charge in [0.1, 0.15) is 6.04 Å². The van der Waals surface area contributed by atoms with Gasteiger partial charge in [0.15, 0.2) is 0 Å². The minimum Gasteiger partial charge on any atom is -0.480 e. The van der Waals surface area contributed by atoms with Crippen LogP contribution in [0.1, 0.15) is 34.6 Å². The second kappa shape index (κ2) is 7.04. The largest absolute Gasteiger partial charge is 0.480 e. The highest BCUT2D eigenvalue weighted by atomic mass is 33.1. The molecule has 0 aliphatic heterocycles. The zero-order valence-electron chi connectivity index (χ0n) is 11.1. The van der Waals surface area contributed by atoms with E-state index in [-0.39, 0.29) is 11.0 Å². The third-order valence-electron chi connectivity index (χ3n) is 2.10. The minimum atomic E-state index is -1.11. The molecule has 0 rings (SSSR count). The zero-order valence-corrected chi connectivity index (χ0v) is 12.8. The Morgan fingerprint density at radius 3 is 2.06 bits per heavy atom. The van der Waals surface area contributed by atoms with E-state index in [4.69, 9.17) is 5.11 Å². The monoisotopic (exact) mass is 293 g/mol.